The zero-order valence-corrected chi connectivity index (χ0v) is 9.03. The molecule has 0 saturated carbocycles. The van der Waals surface area contributed by atoms with Gasteiger partial charge in [-0.05, 0) is 45.3 Å². The fourth-order valence-electron chi connectivity index (χ4n) is 1.89. The van der Waals surface area contributed by atoms with Crippen LogP contribution in [0.25, 0.3) is 0 Å². The smallest absolute Gasteiger partial charge is 0.191 e. The molecule has 0 bridgehead atoms. The van der Waals surface area contributed by atoms with Gasteiger partial charge in [0.25, 0.3) is 0 Å². The van der Waals surface area contributed by atoms with E-state index in [1.165, 1.54) is 12.8 Å². The third-order valence-electron chi connectivity index (χ3n) is 2.86. The van der Waals surface area contributed by atoms with Gasteiger partial charge in [0.15, 0.2) is 5.82 Å². The maximum Gasteiger partial charge on any atom is 0.191 e. The highest BCUT2D eigenvalue weighted by molar-refractivity contribution is 4.86. The van der Waals surface area contributed by atoms with E-state index in [1.807, 2.05) is 0 Å². The van der Waals surface area contributed by atoms with E-state index in [2.05, 4.69) is 38.2 Å². The van der Waals surface area contributed by atoms with Crippen LogP contribution in [0.4, 0.5) is 0 Å². The minimum Gasteiger partial charge on any atom is -0.316 e. The molecule has 3 N–H and O–H groups in total. The lowest BCUT2D eigenvalue weighted by atomic mass is 9.99. The van der Waals surface area contributed by atoms with Crippen molar-refractivity contribution in [1.82, 2.24) is 31.3 Å². The molecule has 84 valence electrons. The van der Waals surface area contributed by atoms with Crippen molar-refractivity contribution in [2.24, 2.45) is 5.92 Å². The molecule has 1 saturated heterocycles. The van der Waals surface area contributed by atoms with Gasteiger partial charge in [-0.1, -0.05) is 5.21 Å². The largest absolute Gasteiger partial charge is 0.316 e. The molecule has 1 aromatic rings. The molecule has 2 heterocycles. The lowest BCUT2D eigenvalue weighted by Crippen LogP contribution is -2.36. The maximum absolute atomic E-state index is 3.95. The van der Waals surface area contributed by atoms with Gasteiger partial charge in [0.05, 0.1) is 6.04 Å². The zero-order valence-electron chi connectivity index (χ0n) is 9.03. The number of piperidine rings is 1. The monoisotopic (exact) mass is 210 g/mol. The van der Waals surface area contributed by atoms with E-state index in [9.17, 15) is 0 Å². The number of nitrogens with one attached hydrogen (secondary N) is 3. The standard InChI is InChI=1S/C9H18N6/c1-7(9-12-14-15-13-9)11-6-8-3-2-4-10-5-8/h7-8,10-11H,2-6H2,1H3,(H,12,13,14,15). The van der Waals surface area contributed by atoms with Gasteiger partial charge in [0.1, 0.15) is 0 Å². The first-order valence-corrected chi connectivity index (χ1v) is 5.53. The molecule has 0 amide bonds. The van der Waals surface area contributed by atoms with Crippen molar-refractivity contribution in [3.63, 3.8) is 0 Å². The number of hydrogen-bond acceptors (Lipinski definition) is 5. The normalized spacial score (nSPS) is 23.9. The Morgan fingerprint density at radius 2 is 2.53 bits per heavy atom. The molecular weight excluding hydrogens is 192 g/mol. The molecule has 6 heteroatoms. The number of rotatable bonds is 4. The minimum atomic E-state index is 0.172. The summed E-state index contributed by atoms with van der Waals surface area (Å²) in [5.74, 6) is 1.46. The lowest BCUT2D eigenvalue weighted by molar-refractivity contribution is 0.346. The summed E-state index contributed by atoms with van der Waals surface area (Å²) in [5, 5.41) is 20.8. The molecule has 0 spiro atoms. The van der Waals surface area contributed by atoms with Gasteiger partial charge >= 0.3 is 0 Å². The van der Waals surface area contributed by atoms with E-state index in [1.54, 1.807) is 0 Å². The molecule has 2 unspecified atom stereocenters. The Kier molecular flexibility index (Phi) is 3.63. The molecule has 6 nitrogen and oxygen atoms in total. The topological polar surface area (TPSA) is 78.5 Å². The van der Waals surface area contributed by atoms with E-state index in [4.69, 9.17) is 0 Å². The van der Waals surface area contributed by atoms with Crippen molar-refractivity contribution >= 4 is 0 Å². The fraction of sp³-hybridized carbons (Fsp3) is 0.889. The molecule has 1 aliphatic heterocycles. The lowest BCUT2D eigenvalue weighted by Gasteiger charge is -2.24. The van der Waals surface area contributed by atoms with Crippen LogP contribution in [-0.4, -0.2) is 40.3 Å². The fourth-order valence-corrected chi connectivity index (χ4v) is 1.89. The third kappa shape index (κ3) is 2.97. The highest BCUT2D eigenvalue weighted by atomic mass is 15.5. The van der Waals surface area contributed by atoms with Crippen molar-refractivity contribution in [2.75, 3.05) is 19.6 Å². The number of aromatic amines is 1. The predicted molar refractivity (Wildman–Crippen MR) is 56.2 cm³/mol. The average Bonchev–Trinajstić information content (AvgIpc) is 2.81. The quantitative estimate of drug-likeness (QED) is 0.644. The summed E-state index contributed by atoms with van der Waals surface area (Å²) >= 11 is 0. The molecule has 2 rings (SSSR count). The third-order valence-corrected chi connectivity index (χ3v) is 2.86. The Morgan fingerprint density at radius 1 is 1.60 bits per heavy atom. The summed E-state index contributed by atoms with van der Waals surface area (Å²) in [5.41, 5.74) is 0. The number of nitrogens with zero attached hydrogens (tertiary/aromatic N) is 3. The summed E-state index contributed by atoms with van der Waals surface area (Å²) < 4.78 is 0. The number of tetrazole rings is 1. The molecule has 15 heavy (non-hydrogen) atoms. The number of aromatic nitrogens is 4. The summed E-state index contributed by atoms with van der Waals surface area (Å²) in [6, 6.07) is 0.172. The van der Waals surface area contributed by atoms with E-state index in [0.29, 0.717) is 0 Å². The molecule has 2 atom stereocenters. The highest BCUT2D eigenvalue weighted by Gasteiger charge is 2.15. The Bertz CT molecular complexity index is 266. The van der Waals surface area contributed by atoms with Gasteiger partial charge in [-0.25, -0.2) is 0 Å². The molecular formula is C9H18N6. The molecule has 0 aliphatic carbocycles. The van der Waals surface area contributed by atoms with Crippen LogP contribution in [0.3, 0.4) is 0 Å². The van der Waals surface area contributed by atoms with Crippen LogP contribution in [0.1, 0.15) is 31.6 Å². The van der Waals surface area contributed by atoms with Gasteiger partial charge in [0.2, 0.25) is 0 Å². The van der Waals surface area contributed by atoms with Crippen molar-refractivity contribution in [3.05, 3.63) is 5.82 Å². The molecule has 1 fully saturated rings. The molecule has 0 radical (unpaired) electrons. The van der Waals surface area contributed by atoms with Crippen molar-refractivity contribution in [3.8, 4) is 0 Å². The first kappa shape index (κ1) is 10.5. The average molecular weight is 210 g/mol. The molecule has 0 aromatic carbocycles. The first-order chi connectivity index (χ1) is 7.36. The van der Waals surface area contributed by atoms with Gasteiger partial charge in [-0.2, -0.15) is 5.21 Å². The van der Waals surface area contributed by atoms with Crippen LogP contribution in [0.15, 0.2) is 0 Å². The van der Waals surface area contributed by atoms with Gasteiger partial charge < -0.3 is 10.6 Å². The van der Waals surface area contributed by atoms with Crippen molar-refractivity contribution in [1.29, 1.82) is 0 Å². The summed E-state index contributed by atoms with van der Waals surface area (Å²) in [6.07, 6.45) is 2.59. The Hall–Kier alpha value is -1.01. The SMILES string of the molecule is CC(NCC1CCCNC1)c1nn[nH]n1. The number of hydrogen-bond donors (Lipinski definition) is 3. The van der Waals surface area contributed by atoms with Crippen LogP contribution < -0.4 is 10.6 Å². The highest BCUT2D eigenvalue weighted by Crippen LogP contribution is 2.10. The zero-order chi connectivity index (χ0) is 10.5. The van der Waals surface area contributed by atoms with Gasteiger partial charge in [-0.3, -0.25) is 0 Å². The summed E-state index contributed by atoms with van der Waals surface area (Å²) in [7, 11) is 0. The molecule has 1 aromatic heterocycles. The molecule has 1 aliphatic rings. The van der Waals surface area contributed by atoms with Crippen LogP contribution >= 0.6 is 0 Å². The van der Waals surface area contributed by atoms with E-state index in [-0.39, 0.29) is 6.04 Å². The van der Waals surface area contributed by atoms with E-state index >= 15 is 0 Å². The second-order valence-corrected chi connectivity index (χ2v) is 4.11. The van der Waals surface area contributed by atoms with Crippen LogP contribution in [-0.2, 0) is 0 Å². The van der Waals surface area contributed by atoms with Crippen LogP contribution in [0.5, 0.6) is 0 Å². The second kappa shape index (κ2) is 5.18. The second-order valence-electron chi connectivity index (χ2n) is 4.11. The maximum atomic E-state index is 3.95. The first-order valence-electron chi connectivity index (χ1n) is 5.53. The number of H-pyrrole nitrogens is 1. The Morgan fingerprint density at radius 3 is 3.20 bits per heavy atom. The predicted octanol–water partition coefficient (Wildman–Crippen LogP) is -0.150. The Labute approximate surface area is 89.2 Å². The van der Waals surface area contributed by atoms with E-state index < -0.39 is 0 Å². The van der Waals surface area contributed by atoms with Crippen molar-refractivity contribution in [2.45, 2.75) is 25.8 Å². The van der Waals surface area contributed by atoms with E-state index in [0.717, 1.165) is 31.4 Å². The van der Waals surface area contributed by atoms with Gasteiger partial charge in [-0.15, -0.1) is 10.2 Å². The Balaban J connectivity index is 1.73. The summed E-state index contributed by atoms with van der Waals surface area (Å²) in [4.78, 5) is 0. The summed E-state index contributed by atoms with van der Waals surface area (Å²) in [6.45, 7) is 5.35. The van der Waals surface area contributed by atoms with Crippen LogP contribution in [0, 0.1) is 5.92 Å². The minimum absolute atomic E-state index is 0.172. The van der Waals surface area contributed by atoms with Crippen molar-refractivity contribution < 1.29 is 0 Å². The van der Waals surface area contributed by atoms with Crippen LogP contribution in [0.2, 0.25) is 0 Å². The van der Waals surface area contributed by atoms with Gasteiger partial charge in [0, 0.05) is 0 Å².